The SMILES string of the molecule is C[S+]([O-])CC(O)c1[nH]c2cc(Br)c(Cl)cc2c1-c1cccs1. The van der Waals surface area contributed by atoms with Crippen molar-refractivity contribution in [3.8, 4) is 10.4 Å². The van der Waals surface area contributed by atoms with E-state index in [1.807, 2.05) is 29.6 Å². The molecule has 0 radical (unpaired) electrons. The molecule has 2 aromatic heterocycles. The zero-order chi connectivity index (χ0) is 15.9. The molecule has 22 heavy (non-hydrogen) atoms. The van der Waals surface area contributed by atoms with Gasteiger partial charge in [0.05, 0.1) is 17.0 Å². The smallest absolute Gasteiger partial charge is 0.139 e. The predicted molar refractivity (Wildman–Crippen MR) is 98.2 cm³/mol. The molecule has 0 saturated heterocycles. The Hall–Kier alpha value is -0.500. The zero-order valence-electron chi connectivity index (χ0n) is 11.6. The summed E-state index contributed by atoms with van der Waals surface area (Å²) < 4.78 is 12.3. The topological polar surface area (TPSA) is 59.1 Å². The number of hydrogen-bond acceptors (Lipinski definition) is 3. The summed E-state index contributed by atoms with van der Waals surface area (Å²) in [4.78, 5) is 4.30. The molecule has 3 aromatic rings. The summed E-state index contributed by atoms with van der Waals surface area (Å²) in [5, 5.41) is 14.0. The van der Waals surface area contributed by atoms with Gasteiger partial charge in [-0.2, -0.15) is 0 Å². The van der Waals surface area contributed by atoms with Crippen LogP contribution in [0.1, 0.15) is 11.8 Å². The first-order chi connectivity index (χ1) is 10.5. The van der Waals surface area contributed by atoms with Crippen molar-refractivity contribution in [3.05, 3.63) is 44.8 Å². The van der Waals surface area contributed by atoms with Gasteiger partial charge in [-0.1, -0.05) is 28.8 Å². The van der Waals surface area contributed by atoms with Crippen molar-refractivity contribution < 1.29 is 9.66 Å². The van der Waals surface area contributed by atoms with E-state index >= 15 is 0 Å². The fraction of sp³-hybridized carbons (Fsp3) is 0.200. The van der Waals surface area contributed by atoms with Gasteiger partial charge in [-0.15, -0.1) is 11.3 Å². The molecule has 2 heterocycles. The van der Waals surface area contributed by atoms with Gasteiger partial charge in [-0.25, -0.2) is 0 Å². The van der Waals surface area contributed by atoms with E-state index in [9.17, 15) is 9.66 Å². The van der Waals surface area contributed by atoms with Gasteiger partial charge >= 0.3 is 0 Å². The second-order valence-electron chi connectivity index (χ2n) is 4.96. The highest BCUT2D eigenvalue weighted by atomic mass is 79.9. The van der Waals surface area contributed by atoms with E-state index in [2.05, 4.69) is 20.9 Å². The van der Waals surface area contributed by atoms with Crippen LogP contribution >= 0.6 is 38.9 Å². The molecular weight excluding hydrogens is 406 g/mol. The molecule has 0 bridgehead atoms. The van der Waals surface area contributed by atoms with Gasteiger partial charge in [0.1, 0.15) is 11.9 Å². The summed E-state index contributed by atoms with van der Waals surface area (Å²) >= 11 is 10.2. The molecule has 2 atom stereocenters. The zero-order valence-corrected chi connectivity index (χ0v) is 15.6. The van der Waals surface area contributed by atoms with Crippen LogP contribution in [0.25, 0.3) is 21.3 Å². The Kier molecular flexibility index (Phi) is 4.87. The predicted octanol–water partition coefficient (Wildman–Crippen LogP) is 4.72. The number of rotatable bonds is 4. The molecular formula is C15H13BrClNO2S2. The van der Waals surface area contributed by atoms with Crippen molar-refractivity contribution in [3.63, 3.8) is 0 Å². The van der Waals surface area contributed by atoms with Gasteiger partial charge in [0.2, 0.25) is 0 Å². The van der Waals surface area contributed by atoms with Gasteiger partial charge < -0.3 is 14.6 Å². The lowest BCUT2D eigenvalue weighted by Gasteiger charge is -2.12. The minimum atomic E-state index is -1.08. The van der Waals surface area contributed by atoms with Gasteiger partial charge in [0, 0.05) is 25.8 Å². The van der Waals surface area contributed by atoms with Crippen LogP contribution in [0.5, 0.6) is 0 Å². The van der Waals surface area contributed by atoms with Crippen LogP contribution in [-0.4, -0.2) is 26.7 Å². The maximum absolute atomic E-state index is 11.5. The Balaban J connectivity index is 2.24. The van der Waals surface area contributed by atoms with Crippen LogP contribution in [-0.2, 0) is 11.2 Å². The van der Waals surface area contributed by atoms with Crippen molar-refractivity contribution in [1.82, 2.24) is 4.98 Å². The fourth-order valence-corrected chi connectivity index (χ4v) is 4.37. The number of benzene rings is 1. The van der Waals surface area contributed by atoms with Crippen molar-refractivity contribution in [2.75, 3.05) is 12.0 Å². The summed E-state index contributed by atoms with van der Waals surface area (Å²) in [6.07, 6.45) is 0.775. The first-order valence-electron chi connectivity index (χ1n) is 6.50. The molecule has 3 nitrogen and oxygen atoms in total. The molecule has 2 N–H and O–H groups in total. The van der Waals surface area contributed by atoms with Crippen LogP contribution in [0.4, 0.5) is 0 Å². The number of aromatic amines is 1. The standard InChI is InChI=1S/C15H13BrClNO2S2/c1-22(20)7-12(19)15-14(13-3-2-4-21-13)8-5-10(17)9(16)6-11(8)18-15/h2-6,12,18-19H,7H2,1H3. The Morgan fingerprint density at radius 3 is 2.91 bits per heavy atom. The van der Waals surface area contributed by atoms with Crippen LogP contribution in [0.15, 0.2) is 34.1 Å². The van der Waals surface area contributed by atoms with Crippen LogP contribution < -0.4 is 0 Å². The summed E-state index contributed by atoms with van der Waals surface area (Å²) in [6, 6.07) is 7.75. The Bertz CT molecular complexity index is 802. The molecule has 0 aliphatic heterocycles. The Morgan fingerprint density at radius 1 is 1.50 bits per heavy atom. The normalized spacial score (nSPS) is 14.4. The summed E-state index contributed by atoms with van der Waals surface area (Å²) in [6.45, 7) is 0. The minimum Gasteiger partial charge on any atom is -0.616 e. The molecule has 3 rings (SSSR count). The van der Waals surface area contributed by atoms with Crippen molar-refractivity contribution in [1.29, 1.82) is 0 Å². The number of aliphatic hydroxyl groups excluding tert-OH is 1. The highest BCUT2D eigenvalue weighted by molar-refractivity contribution is 9.10. The number of halogens is 2. The third-order valence-electron chi connectivity index (χ3n) is 3.36. The third-order valence-corrected chi connectivity index (χ3v) is 6.23. The first-order valence-corrected chi connectivity index (χ1v) is 10.3. The largest absolute Gasteiger partial charge is 0.616 e. The Morgan fingerprint density at radius 2 is 2.27 bits per heavy atom. The van der Waals surface area contributed by atoms with E-state index in [1.54, 1.807) is 17.6 Å². The number of hydrogen-bond donors (Lipinski definition) is 2. The second kappa shape index (κ2) is 6.55. The van der Waals surface area contributed by atoms with Crippen LogP contribution in [0.3, 0.4) is 0 Å². The average Bonchev–Trinajstić information content (AvgIpc) is 3.05. The van der Waals surface area contributed by atoms with E-state index in [1.165, 1.54) is 0 Å². The second-order valence-corrected chi connectivity index (χ2v) is 8.65. The van der Waals surface area contributed by atoms with Crippen LogP contribution in [0.2, 0.25) is 5.02 Å². The molecule has 0 amide bonds. The quantitative estimate of drug-likeness (QED) is 0.602. The molecule has 0 aliphatic carbocycles. The lowest BCUT2D eigenvalue weighted by atomic mass is 10.1. The lowest BCUT2D eigenvalue weighted by Crippen LogP contribution is -2.13. The Labute approximate surface area is 148 Å². The molecule has 0 aliphatic rings. The van der Waals surface area contributed by atoms with E-state index in [-0.39, 0.29) is 5.75 Å². The molecule has 2 unspecified atom stereocenters. The first kappa shape index (κ1) is 16.4. The molecule has 7 heteroatoms. The van der Waals surface area contributed by atoms with Gasteiger partial charge in [-0.3, -0.25) is 0 Å². The summed E-state index contributed by atoms with van der Waals surface area (Å²) in [7, 11) is 0. The van der Waals surface area contributed by atoms with Crippen molar-refractivity contribution in [2.45, 2.75) is 6.10 Å². The van der Waals surface area contributed by atoms with Crippen molar-refractivity contribution in [2.24, 2.45) is 0 Å². The van der Waals surface area contributed by atoms with Gasteiger partial charge in [0.15, 0.2) is 0 Å². The fourth-order valence-electron chi connectivity index (χ4n) is 2.45. The molecule has 0 saturated carbocycles. The van der Waals surface area contributed by atoms with E-state index in [0.717, 1.165) is 25.8 Å². The van der Waals surface area contributed by atoms with Crippen molar-refractivity contribution >= 4 is 60.9 Å². The van der Waals surface area contributed by atoms with Gasteiger partial charge in [-0.05, 0) is 39.5 Å². The number of thiophene rings is 1. The highest BCUT2D eigenvalue weighted by Gasteiger charge is 2.23. The maximum atomic E-state index is 11.5. The minimum absolute atomic E-state index is 0.195. The molecule has 0 spiro atoms. The lowest BCUT2D eigenvalue weighted by molar-refractivity contribution is 0.198. The number of aromatic nitrogens is 1. The maximum Gasteiger partial charge on any atom is 0.139 e. The molecule has 116 valence electrons. The third kappa shape index (κ3) is 3.09. The van der Waals surface area contributed by atoms with E-state index in [4.69, 9.17) is 11.6 Å². The number of H-pyrrole nitrogens is 1. The summed E-state index contributed by atoms with van der Waals surface area (Å²) in [5.74, 6) is 0.195. The molecule has 1 aromatic carbocycles. The van der Waals surface area contributed by atoms with Gasteiger partial charge in [0.25, 0.3) is 0 Å². The van der Waals surface area contributed by atoms with E-state index in [0.29, 0.717) is 10.7 Å². The van der Waals surface area contributed by atoms with E-state index < -0.39 is 17.3 Å². The summed E-state index contributed by atoms with van der Waals surface area (Å²) in [5.41, 5.74) is 2.50. The molecule has 0 fully saturated rings. The van der Waals surface area contributed by atoms with Crippen LogP contribution in [0, 0.1) is 0 Å². The average molecular weight is 419 g/mol. The highest BCUT2D eigenvalue weighted by Crippen LogP contribution is 2.40. The number of nitrogens with one attached hydrogen (secondary N) is 1. The number of aliphatic hydroxyl groups is 1. The monoisotopic (exact) mass is 417 g/mol. The number of fused-ring (bicyclic) bond motifs is 1.